The molecule has 0 bridgehead atoms. The number of phenolic OH excluding ortho intramolecular Hbond substituents is 2. The number of hydrogen-bond donors (Lipinski definition) is 2. The average molecular weight is 312 g/mol. The van der Waals surface area contributed by atoms with E-state index in [1.165, 1.54) is 0 Å². The van der Waals surface area contributed by atoms with Crippen molar-refractivity contribution in [2.75, 3.05) is 0 Å². The molecule has 0 saturated heterocycles. The van der Waals surface area contributed by atoms with Crippen molar-refractivity contribution in [2.45, 2.75) is 0 Å². The van der Waals surface area contributed by atoms with E-state index in [9.17, 15) is 10.2 Å². The summed E-state index contributed by atoms with van der Waals surface area (Å²) >= 11 is 0. The highest BCUT2D eigenvalue weighted by Gasteiger charge is 2.10. The van der Waals surface area contributed by atoms with Gasteiger partial charge in [0.25, 0.3) is 0 Å². The number of aromatic hydroxyl groups is 2. The fourth-order valence-electron chi connectivity index (χ4n) is 3.06. The van der Waals surface area contributed by atoms with Gasteiger partial charge in [0.1, 0.15) is 11.5 Å². The van der Waals surface area contributed by atoms with Gasteiger partial charge in [0.15, 0.2) is 0 Å². The Morgan fingerprint density at radius 1 is 0.542 bits per heavy atom. The van der Waals surface area contributed by atoms with Crippen LogP contribution in [0, 0.1) is 0 Å². The van der Waals surface area contributed by atoms with Gasteiger partial charge < -0.3 is 10.2 Å². The molecule has 0 aromatic heterocycles. The molecule has 0 amide bonds. The topological polar surface area (TPSA) is 40.5 Å². The molecular formula is C22H16O2. The first-order valence-electron chi connectivity index (χ1n) is 7.83. The van der Waals surface area contributed by atoms with E-state index in [1.54, 1.807) is 18.2 Å². The highest BCUT2D eigenvalue weighted by Crippen LogP contribution is 2.37. The highest BCUT2D eigenvalue weighted by atomic mass is 16.3. The van der Waals surface area contributed by atoms with E-state index >= 15 is 0 Å². The van der Waals surface area contributed by atoms with Crippen molar-refractivity contribution in [3.05, 3.63) is 84.9 Å². The molecule has 4 rings (SSSR count). The lowest BCUT2D eigenvalue weighted by molar-refractivity contribution is 0.475. The molecular weight excluding hydrogens is 296 g/mol. The molecule has 0 heterocycles. The lowest BCUT2D eigenvalue weighted by Gasteiger charge is -2.11. The minimum atomic E-state index is 0.260. The van der Waals surface area contributed by atoms with E-state index in [-0.39, 0.29) is 11.5 Å². The van der Waals surface area contributed by atoms with E-state index in [0.717, 1.165) is 33.0 Å². The molecule has 0 spiro atoms. The van der Waals surface area contributed by atoms with E-state index in [2.05, 4.69) is 6.07 Å². The van der Waals surface area contributed by atoms with E-state index in [4.69, 9.17) is 0 Å². The molecule has 2 nitrogen and oxygen atoms in total. The molecule has 0 unspecified atom stereocenters. The third-order valence-electron chi connectivity index (χ3n) is 4.26. The predicted octanol–water partition coefficient (Wildman–Crippen LogP) is 5.59. The molecule has 4 aromatic carbocycles. The molecule has 0 aliphatic heterocycles. The predicted molar refractivity (Wildman–Crippen MR) is 98.1 cm³/mol. The standard InChI is InChI=1S/C22H16O2/c23-19-10-6-15(7-11-19)17-8-12-20-18(14-17)9-13-21(24)22(20)16-4-2-1-3-5-16/h1-14,23-24H. The second kappa shape index (κ2) is 5.74. The summed E-state index contributed by atoms with van der Waals surface area (Å²) in [5.74, 6) is 0.543. The Morgan fingerprint density at radius 2 is 1.25 bits per heavy atom. The second-order valence-corrected chi connectivity index (χ2v) is 5.81. The lowest BCUT2D eigenvalue weighted by atomic mass is 9.94. The zero-order chi connectivity index (χ0) is 16.5. The van der Waals surface area contributed by atoms with Crippen LogP contribution in [0.1, 0.15) is 0 Å². The molecule has 0 aliphatic rings. The molecule has 4 aromatic rings. The molecule has 0 atom stereocenters. The van der Waals surface area contributed by atoms with Gasteiger partial charge in [-0.15, -0.1) is 0 Å². The van der Waals surface area contributed by atoms with Gasteiger partial charge in [-0.3, -0.25) is 0 Å². The van der Waals surface area contributed by atoms with Gasteiger partial charge in [-0.1, -0.05) is 60.7 Å². The van der Waals surface area contributed by atoms with Crippen LogP contribution in [-0.4, -0.2) is 10.2 Å². The average Bonchev–Trinajstić information content (AvgIpc) is 2.63. The van der Waals surface area contributed by atoms with Gasteiger partial charge in [-0.05, 0) is 51.7 Å². The van der Waals surface area contributed by atoms with Gasteiger partial charge in [0.2, 0.25) is 0 Å². The molecule has 0 aliphatic carbocycles. The van der Waals surface area contributed by atoms with Crippen LogP contribution in [0.3, 0.4) is 0 Å². The number of rotatable bonds is 2. The summed E-state index contributed by atoms with van der Waals surface area (Å²) in [5.41, 5.74) is 3.97. The van der Waals surface area contributed by atoms with Crippen LogP contribution < -0.4 is 0 Å². The second-order valence-electron chi connectivity index (χ2n) is 5.81. The number of phenols is 2. The molecule has 0 saturated carbocycles. The fraction of sp³-hybridized carbons (Fsp3) is 0. The first-order valence-corrected chi connectivity index (χ1v) is 7.83. The summed E-state index contributed by atoms with van der Waals surface area (Å²) in [4.78, 5) is 0. The maximum Gasteiger partial charge on any atom is 0.124 e. The highest BCUT2D eigenvalue weighted by molar-refractivity contribution is 6.01. The Morgan fingerprint density at radius 3 is 2.00 bits per heavy atom. The Kier molecular flexibility index (Phi) is 3.43. The van der Waals surface area contributed by atoms with Crippen molar-refractivity contribution in [3.8, 4) is 33.8 Å². The Hall–Kier alpha value is -3.26. The fourth-order valence-corrected chi connectivity index (χ4v) is 3.06. The third kappa shape index (κ3) is 2.48. The van der Waals surface area contributed by atoms with Gasteiger partial charge in [0, 0.05) is 5.56 Å². The smallest absolute Gasteiger partial charge is 0.124 e. The third-order valence-corrected chi connectivity index (χ3v) is 4.26. The molecule has 0 fully saturated rings. The summed E-state index contributed by atoms with van der Waals surface area (Å²) in [7, 11) is 0. The molecule has 2 N–H and O–H groups in total. The van der Waals surface area contributed by atoms with Crippen LogP contribution in [0.15, 0.2) is 84.9 Å². The molecule has 116 valence electrons. The summed E-state index contributed by atoms with van der Waals surface area (Å²) in [6.45, 7) is 0. The van der Waals surface area contributed by atoms with Crippen LogP contribution in [-0.2, 0) is 0 Å². The summed E-state index contributed by atoms with van der Waals surface area (Å²) in [5, 5.41) is 21.9. The number of benzene rings is 4. The quantitative estimate of drug-likeness (QED) is 0.507. The molecule has 0 radical (unpaired) electrons. The summed E-state index contributed by atoms with van der Waals surface area (Å²) in [6.07, 6.45) is 0. The van der Waals surface area contributed by atoms with E-state index in [0.29, 0.717) is 0 Å². The molecule has 24 heavy (non-hydrogen) atoms. The SMILES string of the molecule is Oc1ccc(-c2ccc3c(-c4ccccc4)c(O)ccc3c2)cc1. The first kappa shape index (κ1) is 14.3. The normalized spacial score (nSPS) is 10.8. The van der Waals surface area contributed by atoms with Crippen molar-refractivity contribution in [1.29, 1.82) is 0 Å². The first-order chi connectivity index (χ1) is 11.7. The largest absolute Gasteiger partial charge is 0.508 e. The monoisotopic (exact) mass is 312 g/mol. The van der Waals surface area contributed by atoms with Crippen LogP contribution in [0.25, 0.3) is 33.0 Å². The minimum Gasteiger partial charge on any atom is -0.508 e. The maximum atomic E-state index is 10.4. The summed E-state index contributed by atoms with van der Waals surface area (Å²) in [6, 6.07) is 26.9. The van der Waals surface area contributed by atoms with Crippen molar-refractivity contribution in [2.24, 2.45) is 0 Å². The van der Waals surface area contributed by atoms with Crippen LogP contribution in [0.5, 0.6) is 11.5 Å². The molecule has 2 heteroatoms. The van der Waals surface area contributed by atoms with Gasteiger partial charge >= 0.3 is 0 Å². The van der Waals surface area contributed by atoms with Gasteiger partial charge in [0.05, 0.1) is 0 Å². The van der Waals surface area contributed by atoms with E-state index < -0.39 is 0 Å². The van der Waals surface area contributed by atoms with Crippen molar-refractivity contribution in [3.63, 3.8) is 0 Å². The van der Waals surface area contributed by atoms with Crippen LogP contribution in [0.2, 0.25) is 0 Å². The Labute approximate surface area is 140 Å². The van der Waals surface area contributed by atoms with Gasteiger partial charge in [-0.25, -0.2) is 0 Å². The maximum absolute atomic E-state index is 10.4. The van der Waals surface area contributed by atoms with Crippen molar-refractivity contribution < 1.29 is 10.2 Å². The number of hydrogen-bond acceptors (Lipinski definition) is 2. The number of fused-ring (bicyclic) bond motifs is 1. The van der Waals surface area contributed by atoms with Gasteiger partial charge in [-0.2, -0.15) is 0 Å². The summed E-state index contributed by atoms with van der Waals surface area (Å²) < 4.78 is 0. The van der Waals surface area contributed by atoms with Crippen LogP contribution >= 0.6 is 0 Å². The Bertz CT molecular complexity index is 1000. The lowest BCUT2D eigenvalue weighted by Crippen LogP contribution is -1.84. The Balaban J connectivity index is 1.90. The van der Waals surface area contributed by atoms with Crippen LogP contribution in [0.4, 0.5) is 0 Å². The zero-order valence-corrected chi connectivity index (χ0v) is 13.0. The minimum absolute atomic E-state index is 0.260. The van der Waals surface area contributed by atoms with Crippen molar-refractivity contribution >= 4 is 10.8 Å². The van der Waals surface area contributed by atoms with Crippen molar-refractivity contribution in [1.82, 2.24) is 0 Å². The zero-order valence-electron chi connectivity index (χ0n) is 13.0. The van der Waals surface area contributed by atoms with E-state index in [1.807, 2.05) is 60.7 Å².